The average Bonchev–Trinajstić information content (AvgIpc) is 3.20. The molecule has 6 heteroatoms. The second-order valence-corrected chi connectivity index (χ2v) is 5.43. The van der Waals surface area contributed by atoms with Crippen LogP contribution in [-0.4, -0.2) is 23.2 Å². The molecule has 0 bridgehead atoms. The molecule has 2 aromatic heterocycles. The molecule has 1 atom stereocenters. The average molecular weight is 290 g/mol. The summed E-state index contributed by atoms with van der Waals surface area (Å²) in [7, 11) is 1.39. The summed E-state index contributed by atoms with van der Waals surface area (Å²) in [5.41, 5.74) is 0.929. The highest BCUT2D eigenvalue weighted by Crippen LogP contribution is 2.38. The first-order chi connectivity index (χ1) is 10.2. The lowest BCUT2D eigenvalue weighted by Gasteiger charge is -2.16. The Morgan fingerprint density at radius 2 is 2.19 bits per heavy atom. The third-order valence-electron chi connectivity index (χ3n) is 4.10. The predicted octanol–water partition coefficient (Wildman–Crippen LogP) is 3.08. The molecule has 0 aromatic carbocycles. The fraction of sp³-hybridized carbons (Fsp3) is 0.533. The number of methoxy groups -OCH3 is 1. The monoisotopic (exact) mass is 290 g/mol. The van der Waals surface area contributed by atoms with Gasteiger partial charge in [-0.3, -0.25) is 4.79 Å². The summed E-state index contributed by atoms with van der Waals surface area (Å²) in [5, 5.41) is 3.94. The first-order valence-corrected chi connectivity index (χ1v) is 7.16. The van der Waals surface area contributed by atoms with Crippen LogP contribution in [0.25, 0.3) is 11.6 Å². The fourth-order valence-corrected chi connectivity index (χ4v) is 2.97. The minimum absolute atomic E-state index is 0.212. The van der Waals surface area contributed by atoms with Crippen molar-refractivity contribution in [1.29, 1.82) is 0 Å². The number of aromatic nitrogens is 2. The summed E-state index contributed by atoms with van der Waals surface area (Å²) < 4.78 is 15.6. The molecule has 0 amide bonds. The molecule has 2 heterocycles. The van der Waals surface area contributed by atoms with Gasteiger partial charge in [0.05, 0.1) is 13.4 Å². The van der Waals surface area contributed by atoms with E-state index >= 15 is 0 Å². The molecular weight excluding hydrogens is 272 g/mol. The van der Waals surface area contributed by atoms with Gasteiger partial charge in [-0.25, -0.2) is 0 Å². The molecule has 0 spiro atoms. The molecule has 6 nitrogen and oxygen atoms in total. The number of hydrogen-bond acceptors (Lipinski definition) is 6. The maximum atomic E-state index is 12.1. The van der Waals surface area contributed by atoms with Crippen molar-refractivity contribution >= 4 is 5.97 Å². The number of esters is 1. The Kier molecular flexibility index (Phi) is 3.77. The Labute approximate surface area is 122 Å². The van der Waals surface area contributed by atoms with Gasteiger partial charge in [0.1, 0.15) is 5.92 Å². The standard InChI is InChI=1S/C15H18N2O4/c1-9-7-8-20-12(9)13-16-14(21-17-13)11(15(18)19-2)10-5-3-4-6-10/h7-8,10-11H,3-6H2,1-2H3. The van der Waals surface area contributed by atoms with Gasteiger partial charge in [0.2, 0.25) is 11.7 Å². The van der Waals surface area contributed by atoms with Crippen LogP contribution in [0.15, 0.2) is 21.3 Å². The van der Waals surface area contributed by atoms with Crippen LogP contribution < -0.4 is 0 Å². The van der Waals surface area contributed by atoms with Crippen molar-refractivity contribution < 1.29 is 18.5 Å². The summed E-state index contributed by atoms with van der Waals surface area (Å²) in [4.78, 5) is 16.4. The molecule has 0 aliphatic heterocycles. The van der Waals surface area contributed by atoms with Crippen LogP contribution in [0, 0.1) is 12.8 Å². The topological polar surface area (TPSA) is 78.4 Å². The zero-order valence-electron chi connectivity index (χ0n) is 12.2. The van der Waals surface area contributed by atoms with E-state index in [2.05, 4.69) is 10.1 Å². The third kappa shape index (κ3) is 2.57. The summed E-state index contributed by atoms with van der Waals surface area (Å²) in [6.45, 7) is 1.91. The van der Waals surface area contributed by atoms with Gasteiger partial charge in [-0.1, -0.05) is 18.0 Å². The van der Waals surface area contributed by atoms with Crippen molar-refractivity contribution in [1.82, 2.24) is 10.1 Å². The minimum Gasteiger partial charge on any atom is -0.468 e. The lowest BCUT2D eigenvalue weighted by Crippen LogP contribution is -2.21. The van der Waals surface area contributed by atoms with Crippen molar-refractivity contribution in [3.63, 3.8) is 0 Å². The van der Waals surface area contributed by atoms with Gasteiger partial charge in [0.25, 0.3) is 0 Å². The van der Waals surface area contributed by atoms with Crippen LogP contribution >= 0.6 is 0 Å². The molecule has 0 radical (unpaired) electrons. The van der Waals surface area contributed by atoms with Crippen LogP contribution in [0.3, 0.4) is 0 Å². The maximum absolute atomic E-state index is 12.1. The lowest BCUT2D eigenvalue weighted by atomic mass is 9.91. The zero-order valence-corrected chi connectivity index (χ0v) is 12.2. The fourth-order valence-electron chi connectivity index (χ4n) is 2.97. The van der Waals surface area contributed by atoms with Crippen molar-refractivity contribution in [3.05, 3.63) is 23.8 Å². The minimum atomic E-state index is -0.478. The first-order valence-electron chi connectivity index (χ1n) is 7.16. The molecule has 1 fully saturated rings. The van der Waals surface area contributed by atoms with Crippen molar-refractivity contribution in [3.8, 4) is 11.6 Å². The number of furan rings is 1. The lowest BCUT2D eigenvalue weighted by molar-refractivity contribution is -0.144. The molecule has 21 heavy (non-hydrogen) atoms. The van der Waals surface area contributed by atoms with Crippen molar-refractivity contribution in [2.45, 2.75) is 38.5 Å². The summed E-state index contributed by atoms with van der Waals surface area (Å²) in [6, 6.07) is 1.83. The first kappa shape index (κ1) is 13.9. The summed E-state index contributed by atoms with van der Waals surface area (Å²) in [6.07, 6.45) is 5.79. The number of nitrogens with zero attached hydrogens (tertiary/aromatic N) is 2. The molecule has 0 N–H and O–H groups in total. The Morgan fingerprint density at radius 3 is 2.81 bits per heavy atom. The van der Waals surface area contributed by atoms with E-state index in [1.54, 1.807) is 6.26 Å². The van der Waals surface area contributed by atoms with Crippen LogP contribution in [0.1, 0.15) is 43.1 Å². The number of carbonyl (C=O) groups excluding carboxylic acids is 1. The molecule has 1 aliphatic rings. The number of ether oxygens (including phenoxy) is 1. The van der Waals surface area contributed by atoms with Crippen LogP contribution in [0.4, 0.5) is 0 Å². The van der Waals surface area contributed by atoms with E-state index in [1.165, 1.54) is 7.11 Å². The molecule has 0 saturated heterocycles. The Hall–Kier alpha value is -2.11. The highest BCUT2D eigenvalue weighted by Gasteiger charge is 2.37. The third-order valence-corrected chi connectivity index (χ3v) is 4.10. The highest BCUT2D eigenvalue weighted by molar-refractivity contribution is 5.77. The highest BCUT2D eigenvalue weighted by atomic mass is 16.5. The largest absolute Gasteiger partial charge is 0.468 e. The Balaban J connectivity index is 1.91. The summed E-state index contributed by atoms with van der Waals surface area (Å²) in [5.74, 6) is 0.685. The SMILES string of the molecule is COC(=O)C(c1nc(-c2occc2C)no1)C1CCCC1. The zero-order chi connectivity index (χ0) is 14.8. The number of aryl methyl sites for hydroxylation is 1. The van der Waals surface area contributed by atoms with Crippen LogP contribution in [-0.2, 0) is 9.53 Å². The normalized spacial score (nSPS) is 17.0. The van der Waals surface area contributed by atoms with Crippen LogP contribution in [0.2, 0.25) is 0 Å². The van der Waals surface area contributed by atoms with Crippen LogP contribution in [0.5, 0.6) is 0 Å². The van der Waals surface area contributed by atoms with Crippen molar-refractivity contribution in [2.24, 2.45) is 5.92 Å². The van der Waals surface area contributed by atoms with Gasteiger partial charge in [0, 0.05) is 0 Å². The van der Waals surface area contributed by atoms with E-state index in [0.29, 0.717) is 17.5 Å². The van der Waals surface area contributed by atoms with Gasteiger partial charge in [-0.2, -0.15) is 4.98 Å². The van der Waals surface area contributed by atoms with E-state index in [4.69, 9.17) is 13.7 Å². The number of rotatable bonds is 4. The van der Waals surface area contributed by atoms with Gasteiger partial charge < -0.3 is 13.7 Å². The van der Waals surface area contributed by atoms with E-state index in [0.717, 1.165) is 31.2 Å². The molecule has 112 valence electrons. The second kappa shape index (κ2) is 5.71. The molecule has 1 aliphatic carbocycles. The Morgan fingerprint density at radius 1 is 1.43 bits per heavy atom. The molecule has 1 unspecified atom stereocenters. The predicted molar refractivity (Wildman–Crippen MR) is 73.5 cm³/mol. The van der Waals surface area contributed by atoms with Gasteiger partial charge >= 0.3 is 5.97 Å². The van der Waals surface area contributed by atoms with Gasteiger partial charge in [0.15, 0.2) is 5.76 Å². The molecule has 2 aromatic rings. The smallest absolute Gasteiger partial charge is 0.318 e. The number of hydrogen-bond donors (Lipinski definition) is 0. The van der Waals surface area contributed by atoms with E-state index in [-0.39, 0.29) is 11.9 Å². The summed E-state index contributed by atoms with van der Waals surface area (Å²) >= 11 is 0. The van der Waals surface area contributed by atoms with Gasteiger partial charge in [-0.15, -0.1) is 0 Å². The molecule has 3 rings (SSSR count). The Bertz CT molecular complexity index is 625. The van der Waals surface area contributed by atoms with E-state index in [9.17, 15) is 4.79 Å². The quantitative estimate of drug-likeness (QED) is 0.805. The van der Waals surface area contributed by atoms with E-state index in [1.807, 2.05) is 13.0 Å². The second-order valence-electron chi connectivity index (χ2n) is 5.43. The maximum Gasteiger partial charge on any atom is 0.318 e. The van der Waals surface area contributed by atoms with E-state index < -0.39 is 5.92 Å². The number of carbonyl (C=O) groups is 1. The van der Waals surface area contributed by atoms with Crippen molar-refractivity contribution in [2.75, 3.05) is 7.11 Å². The molecule has 1 saturated carbocycles. The van der Waals surface area contributed by atoms with Gasteiger partial charge in [-0.05, 0) is 37.3 Å². The molecular formula is C15H18N2O4.